The number of esters is 2. The average molecular weight is 314 g/mol. The van der Waals surface area contributed by atoms with Gasteiger partial charge in [0, 0.05) is 31.8 Å². The van der Waals surface area contributed by atoms with E-state index in [1.54, 1.807) is 9.80 Å². The zero-order chi connectivity index (χ0) is 17.1. The smallest absolute Gasteiger partial charge is 0.331 e. The lowest BCUT2D eigenvalue weighted by Crippen LogP contribution is -2.48. The van der Waals surface area contributed by atoms with E-state index in [-0.39, 0.29) is 18.7 Å². The molecule has 1 atom stereocenters. The van der Waals surface area contributed by atoms with Crippen molar-refractivity contribution >= 4 is 18.0 Å². The topological polar surface area (TPSA) is 76.2 Å². The van der Waals surface area contributed by atoms with E-state index in [0.717, 1.165) is 12.2 Å². The summed E-state index contributed by atoms with van der Waals surface area (Å²) < 4.78 is 9.41. The second-order valence-electron chi connectivity index (χ2n) is 4.58. The number of rotatable bonds is 8. The lowest BCUT2D eigenvalue weighted by atomic mass is 10.3. The van der Waals surface area contributed by atoms with Crippen molar-refractivity contribution < 1.29 is 23.9 Å². The highest BCUT2D eigenvalue weighted by molar-refractivity contribution is 5.91. The molecule has 0 rings (SSSR count). The van der Waals surface area contributed by atoms with Crippen LogP contribution in [-0.2, 0) is 19.1 Å². The van der Waals surface area contributed by atoms with Gasteiger partial charge >= 0.3 is 18.0 Å². The Balaban J connectivity index is 4.52. The summed E-state index contributed by atoms with van der Waals surface area (Å²) in [7, 11) is 1.22. The highest BCUT2D eigenvalue weighted by Gasteiger charge is 2.23. The standard InChI is InChI=1S/C15H26N2O5/c1-6-16(7-2)15(20)17(8-3)12(4)11-22-14(19)10-9-13(18)21-5/h9-10,12H,6-8,11H2,1-5H3/b10-9+/t12-/m1/s1. The predicted molar refractivity (Wildman–Crippen MR) is 82.3 cm³/mol. The van der Waals surface area contributed by atoms with Gasteiger partial charge in [0.25, 0.3) is 0 Å². The largest absolute Gasteiger partial charge is 0.466 e. The summed E-state index contributed by atoms with van der Waals surface area (Å²) in [5.74, 6) is -1.28. The predicted octanol–water partition coefficient (Wildman–Crippen LogP) is 1.43. The van der Waals surface area contributed by atoms with Crippen molar-refractivity contribution in [2.24, 2.45) is 0 Å². The molecule has 22 heavy (non-hydrogen) atoms. The van der Waals surface area contributed by atoms with E-state index in [0.29, 0.717) is 19.6 Å². The van der Waals surface area contributed by atoms with Crippen LogP contribution in [0.15, 0.2) is 12.2 Å². The number of carbonyl (C=O) groups is 3. The molecule has 0 aliphatic heterocycles. The van der Waals surface area contributed by atoms with Gasteiger partial charge in [0.2, 0.25) is 0 Å². The van der Waals surface area contributed by atoms with E-state index in [9.17, 15) is 14.4 Å². The fraction of sp³-hybridized carbons (Fsp3) is 0.667. The Hall–Kier alpha value is -2.05. The first-order valence-electron chi connectivity index (χ1n) is 7.39. The Morgan fingerprint density at radius 1 is 1.00 bits per heavy atom. The van der Waals surface area contributed by atoms with Crippen LogP contribution in [0.4, 0.5) is 4.79 Å². The number of urea groups is 1. The number of nitrogens with zero attached hydrogens (tertiary/aromatic N) is 2. The quantitative estimate of drug-likeness (QED) is 0.500. The minimum absolute atomic E-state index is 0.0607. The molecule has 0 aromatic carbocycles. The molecule has 0 aromatic heterocycles. The van der Waals surface area contributed by atoms with Crippen LogP contribution in [0.25, 0.3) is 0 Å². The van der Waals surface area contributed by atoms with Gasteiger partial charge in [-0.3, -0.25) is 0 Å². The third kappa shape index (κ3) is 6.60. The number of likely N-dealkylation sites (N-methyl/N-ethyl adjacent to an activating group) is 1. The van der Waals surface area contributed by atoms with E-state index < -0.39 is 11.9 Å². The second kappa shape index (κ2) is 10.6. The molecule has 0 aliphatic carbocycles. The molecule has 0 saturated carbocycles. The molecule has 0 spiro atoms. The Kier molecular flexibility index (Phi) is 9.65. The molecule has 0 fully saturated rings. The maximum atomic E-state index is 12.3. The van der Waals surface area contributed by atoms with Crippen molar-refractivity contribution in [3.8, 4) is 0 Å². The zero-order valence-electron chi connectivity index (χ0n) is 14.0. The van der Waals surface area contributed by atoms with Gasteiger partial charge in [-0.2, -0.15) is 0 Å². The van der Waals surface area contributed by atoms with E-state index >= 15 is 0 Å². The Morgan fingerprint density at radius 3 is 2.00 bits per heavy atom. The monoisotopic (exact) mass is 314 g/mol. The number of hydrogen-bond acceptors (Lipinski definition) is 5. The zero-order valence-corrected chi connectivity index (χ0v) is 14.0. The Bertz CT molecular complexity index is 405. The molecule has 0 N–H and O–H groups in total. The average Bonchev–Trinajstić information content (AvgIpc) is 2.52. The third-order valence-electron chi connectivity index (χ3n) is 3.18. The second-order valence-corrected chi connectivity index (χ2v) is 4.58. The lowest BCUT2D eigenvalue weighted by Gasteiger charge is -2.32. The summed E-state index contributed by atoms with van der Waals surface area (Å²) in [6, 6.07) is -0.338. The molecule has 0 unspecified atom stereocenters. The Morgan fingerprint density at radius 2 is 1.55 bits per heavy atom. The van der Waals surface area contributed by atoms with Crippen LogP contribution in [0, 0.1) is 0 Å². The van der Waals surface area contributed by atoms with Gasteiger partial charge in [-0.1, -0.05) is 0 Å². The summed E-state index contributed by atoms with van der Waals surface area (Å²) in [6.45, 7) is 9.34. The van der Waals surface area contributed by atoms with Gasteiger partial charge in [0.05, 0.1) is 13.2 Å². The van der Waals surface area contributed by atoms with E-state index in [2.05, 4.69) is 4.74 Å². The van der Waals surface area contributed by atoms with Gasteiger partial charge in [0.15, 0.2) is 0 Å². The molecule has 7 heteroatoms. The van der Waals surface area contributed by atoms with Crippen LogP contribution in [-0.4, -0.2) is 67.2 Å². The summed E-state index contributed by atoms with van der Waals surface area (Å²) >= 11 is 0. The summed E-state index contributed by atoms with van der Waals surface area (Å²) in [5, 5.41) is 0. The summed E-state index contributed by atoms with van der Waals surface area (Å²) in [6.07, 6.45) is 1.99. The van der Waals surface area contributed by atoms with Crippen LogP contribution < -0.4 is 0 Å². The molecule has 0 aromatic rings. The van der Waals surface area contributed by atoms with Gasteiger partial charge < -0.3 is 19.3 Å². The minimum Gasteiger partial charge on any atom is -0.466 e. The fourth-order valence-corrected chi connectivity index (χ4v) is 1.86. The van der Waals surface area contributed by atoms with Gasteiger partial charge in [-0.05, 0) is 27.7 Å². The molecule has 0 radical (unpaired) electrons. The summed E-state index contributed by atoms with van der Waals surface area (Å²) in [5.41, 5.74) is 0. The normalized spacial score (nSPS) is 11.9. The van der Waals surface area contributed by atoms with Crippen LogP contribution in [0.3, 0.4) is 0 Å². The molecular weight excluding hydrogens is 288 g/mol. The molecule has 126 valence electrons. The number of methoxy groups -OCH3 is 1. The maximum Gasteiger partial charge on any atom is 0.331 e. The molecule has 0 bridgehead atoms. The SMILES string of the molecule is CCN(CC)C(=O)N(CC)[C@H](C)COC(=O)/C=C/C(=O)OC. The number of carbonyl (C=O) groups excluding carboxylic acids is 3. The van der Waals surface area contributed by atoms with Crippen LogP contribution in [0.2, 0.25) is 0 Å². The van der Waals surface area contributed by atoms with Crippen molar-refractivity contribution in [3.05, 3.63) is 12.2 Å². The minimum atomic E-state index is -0.649. The first kappa shape index (κ1) is 19.9. The maximum absolute atomic E-state index is 12.3. The molecule has 2 amide bonds. The van der Waals surface area contributed by atoms with Crippen LogP contribution in [0.1, 0.15) is 27.7 Å². The van der Waals surface area contributed by atoms with Crippen LogP contribution in [0.5, 0.6) is 0 Å². The van der Waals surface area contributed by atoms with Crippen molar-refractivity contribution in [2.75, 3.05) is 33.4 Å². The van der Waals surface area contributed by atoms with Gasteiger partial charge in [0.1, 0.15) is 6.61 Å². The molecule has 0 aliphatic rings. The third-order valence-corrected chi connectivity index (χ3v) is 3.18. The van der Waals surface area contributed by atoms with Crippen molar-refractivity contribution in [3.63, 3.8) is 0 Å². The van der Waals surface area contributed by atoms with Gasteiger partial charge in [-0.15, -0.1) is 0 Å². The highest BCUT2D eigenvalue weighted by Crippen LogP contribution is 2.06. The number of amides is 2. The number of ether oxygens (including phenoxy) is 2. The van der Waals surface area contributed by atoms with Crippen molar-refractivity contribution in [1.82, 2.24) is 9.80 Å². The highest BCUT2D eigenvalue weighted by atomic mass is 16.5. The molecular formula is C15H26N2O5. The Labute approximate surface area is 131 Å². The van der Waals surface area contributed by atoms with E-state index in [1.165, 1.54) is 7.11 Å². The fourth-order valence-electron chi connectivity index (χ4n) is 1.86. The lowest BCUT2D eigenvalue weighted by molar-refractivity contribution is -0.140. The summed E-state index contributed by atoms with van der Waals surface area (Å²) in [4.78, 5) is 38.0. The van der Waals surface area contributed by atoms with E-state index in [1.807, 2.05) is 27.7 Å². The van der Waals surface area contributed by atoms with Crippen molar-refractivity contribution in [2.45, 2.75) is 33.7 Å². The first-order chi connectivity index (χ1) is 10.4. The number of hydrogen-bond donors (Lipinski definition) is 0. The van der Waals surface area contributed by atoms with Gasteiger partial charge in [-0.25, -0.2) is 14.4 Å². The molecule has 7 nitrogen and oxygen atoms in total. The van der Waals surface area contributed by atoms with E-state index in [4.69, 9.17) is 4.74 Å². The molecule has 0 saturated heterocycles. The molecule has 0 heterocycles. The first-order valence-corrected chi connectivity index (χ1v) is 7.39. The van der Waals surface area contributed by atoms with Crippen LogP contribution >= 0.6 is 0 Å². The van der Waals surface area contributed by atoms with Crippen molar-refractivity contribution in [1.29, 1.82) is 0 Å².